The van der Waals surface area contributed by atoms with Gasteiger partial charge < -0.3 is 9.72 Å². The van der Waals surface area contributed by atoms with Gasteiger partial charge in [0.2, 0.25) is 5.88 Å². The summed E-state index contributed by atoms with van der Waals surface area (Å²) in [6, 6.07) is 8.54. The summed E-state index contributed by atoms with van der Waals surface area (Å²) >= 11 is 0. The summed E-state index contributed by atoms with van der Waals surface area (Å²) < 4.78 is 5.25. The van der Waals surface area contributed by atoms with E-state index in [-0.39, 0.29) is 11.3 Å². The van der Waals surface area contributed by atoms with Crippen molar-refractivity contribution < 1.29 is 4.74 Å². The summed E-state index contributed by atoms with van der Waals surface area (Å²) in [6.07, 6.45) is 3.15. The fraction of sp³-hybridized carbons (Fsp3) is 0. The van der Waals surface area contributed by atoms with Gasteiger partial charge in [-0.25, -0.2) is 4.98 Å². The zero-order chi connectivity index (χ0) is 9.80. The summed E-state index contributed by atoms with van der Waals surface area (Å²) in [6.45, 7) is 0. The minimum atomic E-state index is -0.266. The van der Waals surface area contributed by atoms with Gasteiger partial charge in [0, 0.05) is 18.5 Å². The molecule has 0 saturated heterocycles. The van der Waals surface area contributed by atoms with Crippen LogP contribution in [0.4, 0.5) is 0 Å². The van der Waals surface area contributed by atoms with Crippen molar-refractivity contribution in [1.29, 1.82) is 0 Å². The maximum Gasteiger partial charge on any atom is 0.290 e. The van der Waals surface area contributed by atoms with Crippen LogP contribution in [0.2, 0.25) is 0 Å². The Labute approximate surface area is 80.2 Å². The molecule has 0 aliphatic heterocycles. The number of rotatable bonds is 2. The largest absolute Gasteiger partial charge is 0.433 e. The first-order valence-corrected chi connectivity index (χ1v) is 4.13. The molecule has 14 heavy (non-hydrogen) atoms. The molecule has 70 valence electrons. The maximum atomic E-state index is 11.2. The van der Waals surface area contributed by atoms with E-state index in [1.165, 1.54) is 0 Å². The maximum absolute atomic E-state index is 11.2. The quantitative estimate of drug-likeness (QED) is 0.778. The van der Waals surface area contributed by atoms with E-state index < -0.39 is 0 Å². The van der Waals surface area contributed by atoms with Crippen molar-refractivity contribution in [2.75, 3.05) is 0 Å². The van der Waals surface area contributed by atoms with E-state index in [1.54, 1.807) is 42.7 Å². The van der Waals surface area contributed by atoms with Crippen molar-refractivity contribution >= 4 is 0 Å². The van der Waals surface area contributed by atoms with Gasteiger partial charge in [-0.1, -0.05) is 6.07 Å². The lowest BCUT2D eigenvalue weighted by atomic mass is 10.4. The smallest absolute Gasteiger partial charge is 0.290 e. The van der Waals surface area contributed by atoms with Crippen LogP contribution in [0, 0.1) is 0 Å². The molecule has 0 bridgehead atoms. The Hall–Kier alpha value is -2.10. The molecule has 2 rings (SSSR count). The van der Waals surface area contributed by atoms with Crippen molar-refractivity contribution in [2.45, 2.75) is 0 Å². The van der Waals surface area contributed by atoms with Crippen molar-refractivity contribution in [1.82, 2.24) is 9.97 Å². The zero-order valence-corrected chi connectivity index (χ0v) is 7.31. The number of H-pyrrole nitrogens is 1. The molecule has 2 heterocycles. The molecule has 0 unspecified atom stereocenters. The first-order valence-electron chi connectivity index (χ1n) is 4.13. The minimum absolute atomic E-state index is 0.242. The monoisotopic (exact) mass is 188 g/mol. The highest BCUT2D eigenvalue weighted by molar-refractivity contribution is 5.22. The van der Waals surface area contributed by atoms with Crippen LogP contribution in [0.5, 0.6) is 11.6 Å². The lowest BCUT2D eigenvalue weighted by Gasteiger charge is -2.01. The molecule has 0 spiro atoms. The molecule has 0 aliphatic carbocycles. The number of aromatic nitrogens is 2. The number of hydrogen-bond donors (Lipinski definition) is 1. The van der Waals surface area contributed by atoms with E-state index in [0.29, 0.717) is 5.88 Å². The van der Waals surface area contributed by atoms with E-state index in [0.717, 1.165) is 0 Å². The Morgan fingerprint density at radius 2 is 2.14 bits per heavy atom. The Morgan fingerprint density at radius 3 is 2.86 bits per heavy atom. The summed E-state index contributed by atoms with van der Waals surface area (Å²) in [4.78, 5) is 17.7. The molecule has 0 amide bonds. The van der Waals surface area contributed by atoms with Gasteiger partial charge in [-0.15, -0.1) is 0 Å². The second kappa shape index (κ2) is 3.74. The van der Waals surface area contributed by atoms with Gasteiger partial charge >= 0.3 is 0 Å². The fourth-order valence-corrected chi connectivity index (χ4v) is 1.01. The molecule has 4 heteroatoms. The normalized spacial score (nSPS) is 9.71. The van der Waals surface area contributed by atoms with Gasteiger partial charge in [0.05, 0.1) is 0 Å². The van der Waals surface area contributed by atoms with Crippen LogP contribution in [0.3, 0.4) is 0 Å². The molecule has 4 nitrogen and oxygen atoms in total. The highest BCUT2D eigenvalue weighted by atomic mass is 16.5. The molecule has 0 aliphatic rings. The first kappa shape index (κ1) is 8.50. The number of nitrogens with one attached hydrogen (secondary N) is 1. The van der Waals surface area contributed by atoms with Crippen LogP contribution in [-0.4, -0.2) is 9.97 Å². The highest BCUT2D eigenvalue weighted by Crippen LogP contribution is 2.12. The molecule has 2 aromatic rings. The zero-order valence-electron chi connectivity index (χ0n) is 7.31. The summed E-state index contributed by atoms with van der Waals surface area (Å²) in [7, 11) is 0. The van der Waals surface area contributed by atoms with Gasteiger partial charge in [0.15, 0.2) is 5.75 Å². The van der Waals surface area contributed by atoms with Crippen LogP contribution in [0.15, 0.2) is 47.5 Å². The molecule has 1 N–H and O–H groups in total. The van der Waals surface area contributed by atoms with E-state index in [2.05, 4.69) is 9.97 Å². The number of nitrogens with zero attached hydrogens (tertiary/aromatic N) is 1. The number of pyridine rings is 2. The molecule has 0 aromatic carbocycles. The van der Waals surface area contributed by atoms with E-state index >= 15 is 0 Å². The SMILES string of the molecule is O=c1[nH]cccc1Oc1ccccn1. The Kier molecular flexibility index (Phi) is 2.27. The topological polar surface area (TPSA) is 55.0 Å². The van der Waals surface area contributed by atoms with E-state index in [4.69, 9.17) is 4.74 Å². The molecule has 0 radical (unpaired) electrons. The lowest BCUT2D eigenvalue weighted by Crippen LogP contribution is -2.07. The van der Waals surface area contributed by atoms with Gasteiger partial charge in [0.1, 0.15) is 0 Å². The van der Waals surface area contributed by atoms with Crippen LogP contribution >= 0.6 is 0 Å². The molecule has 0 saturated carbocycles. The van der Waals surface area contributed by atoms with E-state index in [1.807, 2.05) is 0 Å². The standard InChI is InChI=1S/C10H8N2O2/c13-10-8(4-3-7-12-10)14-9-5-1-2-6-11-9/h1-7H,(H,12,13). The Morgan fingerprint density at radius 1 is 1.21 bits per heavy atom. The third kappa shape index (κ3) is 1.80. The summed E-state index contributed by atoms with van der Waals surface area (Å²) in [5.74, 6) is 0.649. The average Bonchev–Trinajstić information content (AvgIpc) is 2.23. The number of ether oxygens (including phenoxy) is 1. The van der Waals surface area contributed by atoms with Crippen LogP contribution in [0.25, 0.3) is 0 Å². The van der Waals surface area contributed by atoms with Crippen molar-refractivity contribution in [2.24, 2.45) is 0 Å². The molecule has 0 fully saturated rings. The van der Waals surface area contributed by atoms with Crippen molar-refractivity contribution in [3.05, 3.63) is 53.1 Å². The van der Waals surface area contributed by atoms with Crippen LogP contribution in [0.1, 0.15) is 0 Å². The molecule has 0 atom stereocenters. The Balaban J connectivity index is 2.28. The van der Waals surface area contributed by atoms with Crippen molar-refractivity contribution in [3.63, 3.8) is 0 Å². The van der Waals surface area contributed by atoms with Crippen LogP contribution < -0.4 is 10.3 Å². The molecular formula is C10H8N2O2. The molecular weight excluding hydrogens is 180 g/mol. The minimum Gasteiger partial charge on any atom is -0.433 e. The number of hydrogen-bond acceptors (Lipinski definition) is 3. The third-order valence-corrected chi connectivity index (χ3v) is 1.63. The summed E-state index contributed by atoms with van der Waals surface area (Å²) in [5.41, 5.74) is -0.266. The van der Waals surface area contributed by atoms with Gasteiger partial charge in [-0.2, -0.15) is 0 Å². The fourth-order valence-electron chi connectivity index (χ4n) is 1.01. The van der Waals surface area contributed by atoms with Gasteiger partial charge in [0.25, 0.3) is 5.56 Å². The third-order valence-electron chi connectivity index (χ3n) is 1.63. The van der Waals surface area contributed by atoms with Crippen molar-refractivity contribution in [3.8, 4) is 11.6 Å². The van der Waals surface area contributed by atoms with Gasteiger partial charge in [-0.05, 0) is 18.2 Å². The summed E-state index contributed by atoms with van der Waals surface area (Å²) in [5, 5.41) is 0. The highest BCUT2D eigenvalue weighted by Gasteiger charge is 2.00. The number of aromatic amines is 1. The van der Waals surface area contributed by atoms with Gasteiger partial charge in [-0.3, -0.25) is 4.79 Å². The Bertz CT molecular complexity index is 465. The second-order valence-corrected chi connectivity index (χ2v) is 2.63. The average molecular weight is 188 g/mol. The second-order valence-electron chi connectivity index (χ2n) is 2.63. The lowest BCUT2D eigenvalue weighted by molar-refractivity contribution is 0.456. The predicted octanol–water partition coefficient (Wildman–Crippen LogP) is 1.56. The molecule has 2 aromatic heterocycles. The predicted molar refractivity (Wildman–Crippen MR) is 51.4 cm³/mol. The van der Waals surface area contributed by atoms with Crippen LogP contribution in [-0.2, 0) is 0 Å². The van der Waals surface area contributed by atoms with E-state index in [9.17, 15) is 4.79 Å². The first-order chi connectivity index (χ1) is 6.86.